The lowest BCUT2D eigenvalue weighted by molar-refractivity contribution is -0.954. The third kappa shape index (κ3) is 4.56. The number of carbonyl (C=O) groups is 1. The largest absolute Gasteiger partial charge is 0.497 e. The van der Waals surface area contributed by atoms with Crippen LogP contribution >= 0.6 is 0 Å². The number of rotatable bonds is 6. The second-order valence-corrected chi connectivity index (χ2v) is 8.35. The number of quaternary nitrogens is 1. The van der Waals surface area contributed by atoms with Crippen molar-refractivity contribution in [2.24, 2.45) is 0 Å². The van der Waals surface area contributed by atoms with E-state index in [9.17, 15) is 4.79 Å². The Hall–Kier alpha value is -2.53. The molecule has 2 aromatic carbocycles. The molecule has 29 heavy (non-hydrogen) atoms. The van der Waals surface area contributed by atoms with E-state index in [4.69, 9.17) is 4.74 Å². The van der Waals surface area contributed by atoms with Crippen LogP contribution in [0.3, 0.4) is 0 Å². The van der Waals surface area contributed by atoms with E-state index in [2.05, 4.69) is 35.8 Å². The number of piperidine rings is 1. The topological polar surface area (TPSA) is 54.8 Å². The molecule has 2 bridgehead atoms. The van der Waals surface area contributed by atoms with Gasteiger partial charge in [0.15, 0.2) is 0 Å². The maximum atomic E-state index is 12.6. The summed E-state index contributed by atoms with van der Waals surface area (Å²) in [4.78, 5) is 14.3. The smallest absolute Gasteiger partial charge is 0.319 e. The van der Waals surface area contributed by atoms with E-state index in [-0.39, 0.29) is 12.1 Å². The highest BCUT2D eigenvalue weighted by Gasteiger charge is 2.44. The number of anilines is 1. The molecule has 2 aromatic rings. The minimum absolute atomic E-state index is 0.0751. The van der Waals surface area contributed by atoms with Crippen molar-refractivity contribution in [3.8, 4) is 5.75 Å². The summed E-state index contributed by atoms with van der Waals surface area (Å²) in [5, 5.41) is 6.29. The fourth-order valence-electron chi connectivity index (χ4n) is 5.11. The molecule has 2 aliphatic rings. The zero-order chi connectivity index (χ0) is 20.2. The van der Waals surface area contributed by atoms with Gasteiger partial charge >= 0.3 is 6.03 Å². The number of aryl methyl sites for hydroxylation is 1. The molecule has 0 aliphatic carbocycles. The molecule has 5 heteroatoms. The van der Waals surface area contributed by atoms with Crippen molar-refractivity contribution in [1.29, 1.82) is 0 Å². The molecule has 0 unspecified atom stereocenters. The molecule has 2 saturated heterocycles. The van der Waals surface area contributed by atoms with Crippen LogP contribution in [-0.4, -0.2) is 31.3 Å². The van der Waals surface area contributed by atoms with Gasteiger partial charge in [0.1, 0.15) is 12.3 Å². The number of fused-ring (bicyclic) bond motifs is 2. The zero-order valence-corrected chi connectivity index (χ0v) is 17.4. The SMILES string of the molecule is CCc1ccccc1NC(=O)NC1C[C@H]2CC[C@H](C1)[NH+]2Cc1ccc(OC)cc1. The van der Waals surface area contributed by atoms with Crippen LogP contribution in [0, 0.1) is 0 Å². The summed E-state index contributed by atoms with van der Waals surface area (Å²) in [7, 11) is 1.70. The Labute approximate surface area is 173 Å². The highest BCUT2D eigenvalue weighted by molar-refractivity contribution is 5.90. The van der Waals surface area contributed by atoms with Crippen molar-refractivity contribution in [3.05, 3.63) is 59.7 Å². The van der Waals surface area contributed by atoms with E-state index >= 15 is 0 Å². The average Bonchev–Trinajstić information content (AvgIpc) is 2.96. The number of carbonyl (C=O) groups excluding carboxylic acids is 1. The van der Waals surface area contributed by atoms with Crippen molar-refractivity contribution in [2.45, 2.75) is 63.7 Å². The normalized spacial score (nSPS) is 25.4. The fraction of sp³-hybridized carbons (Fsp3) is 0.458. The molecule has 2 amide bonds. The zero-order valence-electron chi connectivity index (χ0n) is 17.4. The van der Waals surface area contributed by atoms with Crippen LogP contribution in [0.1, 0.15) is 43.7 Å². The summed E-state index contributed by atoms with van der Waals surface area (Å²) >= 11 is 0. The third-order valence-corrected chi connectivity index (χ3v) is 6.60. The van der Waals surface area contributed by atoms with E-state index in [0.29, 0.717) is 12.1 Å². The fourth-order valence-corrected chi connectivity index (χ4v) is 5.11. The maximum Gasteiger partial charge on any atom is 0.319 e. The van der Waals surface area contributed by atoms with Crippen molar-refractivity contribution in [1.82, 2.24) is 5.32 Å². The quantitative estimate of drug-likeness (QED) is 0.705. The Morgan fingerprint density at radius 3 is 2.41 bits per heavy atom. The van der Waals surface area contributed by atoms with Crippen molar-refractivity contribution in [3.63, 3.8) is 0 Å². The van der Waals surface area contributed by atoms with E-state index < -0.39 is 0 Å². The summed E-state index contributed by atoms with van der Waals surface area (Å²) in [5.74, 6) is 0.908. The molecular formula is C24H32N3O2+. The van der Waals surface area contributed by atoms with Crippen molar-refractivity contribution >= 4 is 11.7 Å². The van der Waals surface area contributed by atoms with Crippen LogP contribution in [0.25, 0.3) is 0 Å². The molecule has 4 rings (SSSR count). The van der Waals surface area contributed by atoms with Gasteiger partial charge in [0, 0.05) is 43.0 Å². The number of hydrogen-bond donors (Lipinski definition) is 3. The highest BCUT2D eigenvalue weighted by atomic mass is 16.5. The Balaban J connectivity index is 1.33. The first kappa shape index (κ1) is 19.8. The van der Waals surface area contributed by atoms with E-state index in [1.807, 2.05) is 30.3 Å². The Kier molecular flexibility index (Phi) is 6.05. The molecule has 154 valence electrons. The van der Waals surface area contributed by atoms with E-state index in [1.165, 1.54) is 24.0 Å². The number of amides is 2. The summed E-state index contributed by atoms with van der Waals surface area (Å²) < 4.78 is 5.27. The monoisotopic (exact) mass is 394 g/mol. The van der Waals surface area contributed by atoms with Gasteiger partial charge in [-0.15, -0.1) is 0 Å². The highest BCUT2D eigenvalue weighted by Crippen LogP contribution is 2.24. The molecular weight excluding hydrogens is 362 g/mol. The van der Waals surface area contributed by atoms with Gasteiger partial charge in [-0.3, -0.25) is 0 Å². The number of para-hydroxylation sites is 1. The van der Waals surface area contributed by atoms with Gasteiger partial charge in [-0.1, -0.05) is 25.1 Å². The van der Waals surface area contributed by atoms with Crippen LogP contribution in [-0.2, 0) is 13.0 Å². The predicted octanol–water partition coefficient (Wildman–Crippen LogP) is 3.16. The van der Waals surface area contributed by atoms with Gasteiger partial charge < -0.3 is 20.3 Å². The lowest BCUT2D eigenvalue weighted by Crippen LogP contribution is -3.17. The van der Waals surface area contributed by atoms with Crippen LogP contribution < -0.4 is 20.3 Å². The number of urea groups is 1. The standard InChI is InChI=1S/C24H31N3O2/c1-3-18-6-4-5-7-23(18)26-24(28)25-19-14-20-10-11-21(15-19)27(20)16-17-8-12-22(29-2)13-9-17/h4-9,12-13,19-21H,3,10-11,14-16H2,1-2H3,(H2,25,26,28)/p+1/t20-,21-/m1/s1. The number of benzene rings is 2. The van der Waals surface area contributed by atoms with Gasteiger partial charge in [-0.25, -0.2) is 4.79 Å². The summed E-state index contributed by atoms with van der Waals surface area (Å²) in [6.07, 6.45) is 5.55. The first-order valence-corrected chi connectivity index (χ1v) is 10.8. The molecule has 0 spiro atoms. The molecule has 3 N–H and O–H groups in total. The lowest BCUT2D eigenvalue weighted by atomic mass is 9.96. The van der Waals surface area contributed by atoms with E-state index in [1.54, 1.807) is 12.0 Å². The molecule has 0 radical (unpaired) electrons. The van der Waals surface area contributed by atoms with Crippen molar-refractivity contribution in [2.75, 3.05) is 12.4 Å². The predicted molar refractivity (Wildman–Crippen MR) is 115 cm³/mol. The molecule has 2 atom stereocenters. The minimum atomic E-state index is -0.0751. The summed E-state index contributed by atoms with van der Waals surface area (Å²) in [6, 6.07) is 17.9. The Bertz CT molecular complexity index is 822. The van der Waals surface area contributed by atoms with Crippen LogP contribution in [0.2, 0.25) is 0 Å². The van der Waals surface area contributed by atoms with Gasteiger partial charge in [0.25, 0.3) is 0 Å². The molecule has 0 saturated carbocycles. The Morgan fingerprint density at radius 1 is 1.07 bits per heavy atom. The molecule has 2 aliphatic heterocycles. The van der Waals surface area contributed by atoms with E-state index in [0.717, 1.165) is 37.2 Å². The number of methoxy groups -OCH3 is 1. The van der Waals surface area contributed by atoms with Gasteiger partial charge in [0.05, 0.1) is 19.2 Å². The van der Waals surface area contributed by atoms with Crippen molar-refractivity contribution < 1.29 is 14.4 Å². The van der Waals surface area contributed by atoms with Gasteiger partial charge in [0.2, 0.25) is 0 Å². The van der Waals surface area contributed by atoms with Crippen LogP contribution in [0.15, 0.2) is 48.5 Å². The number of nitrogens with one attached hydrogen (secondary N) is 3. The molecule has 2 heterocycles. The maximum absolute atomic E-state index is 12.6. The molecule has 0 aromatic heterocycles. The molecule has 5 nitrogen and oxygen atoms in total. The second kappa shape index (κ2) is 8.87. The third-order valence-electron chi connectivity index (χ3n) is 6.60. The second-order valence-electron chi connectivity index (χ2n) is 8.35. The van der Waals surface area contributed by atoms with Crippen LogP contribution in [0.5, 0.6) is 5.75 Å². The molecule has 2 fully saturated rings. The van der Waals surface area contributed by atoms with Gasteiger partial charge in [-0.05, 0) is 42.3 Å². The lowest BCUT2D eigenvalue weighted by Gasteiger charge is -2.36. The first-order valence-electron chi connectivity index (χ1n) is 10.8. The minimum Gasteiger partial charge on any atom is -0.497 e. The summed E-state index contributed by atoms with van der Waals surface area (Å²) in [6.45, 7) is 3.17. The average molecular weight is 395 g/mol. The first-order chi connectivity index (χ1) is 14.2. The van der Waals surface area contributed by atoms with Gasteiger partial charge in [-0.2, -0.15) is 0 Å². The number of hydrogen-bond acceptors (Lipinski definition) is 2. The number of ether oxygens (including phenoxy) is 1. The summed E-state index contributed by atoms with van der Waals surface area (Å²) in [5.41, 5.74) is 3.44. The Morgan fingerprint density at radius 2 is 1.76 bits per heavy atom. The van der Waals surface area contributed by atoms with Crippen LogP contribution in [0.4, 0.5) is 10.5 Å².